The molecule has 1 aromatic heterocycles. The second-order valence-corrected chi connectivity index (χ2v) is 7.71. The van der Waals surface area contributed by atoms with Gasteiger partial charge in [-0.1, -0.05) is 18.5 Å². The summed E-state index contributed by atoms with van der Waals surface area (Å²) in [6.45, 7) is 6.47. The second kappa shape index (κ2) is 15.1. The van der Waals surface area contributed by atoms with E-state index in [0.717, 1.165) is 54.2 Å². The van der Waals surface area contributed by atoms with Gasteiger partial charge >= 0.3 is 17.1 Å². The van der Waals surface area contributed by atoms with E-state index in [9.17, 15) is 0 Å². The zero-order chi connectivity index (χ0) is 21.0. The Morgan fingerprint density at radius 2 is 1.65 bits per heavy atom. The molecule has 1 heterocycles. The molecule has 0 bridgehead atoms. The number of hydrogen-bond acceptors (Lipinski definition) is 3. The molecule has 1 aromatic carbocycles. The Bertz CT molecular complexity index is 737. The van der Waals surface area contributed by atoms with Crippen molar-refractivity contribution in [3.05, 3.63) is 99.2 Å². The molecule has 5 heteroatoms. The van der Waals surface area contributed by atoms with E-state index in [1.54, 1.807) is 0 Å². The first-order chi connectivity index (χ1) is 14.8. The van der Waals surface area contributed by atoms with Gasteiger partial charge in [-0.2, -0.15) is 0 Å². The summed E-state index contributed by atoms with van der Waals surface area (Å²) in [4.78, 5) is 6.88. The van der Waals surface area contributed by atoms with Crippen LogP contribution in [0, 0.1) is 63.7 Å². The largest absolute Gasteiger partial charge is 2.00 e. The van der Waals surface area contributed by atoms with Crippen molar-refractivity contribution >= 4 is 28.2 Å². The maximum Gasteiger partial charge on any atom is 2.00 e. The van der Waals surface area contributed by atoms with E-state index in [-0.39, 0.29) is 17.1 Å². The number of aromatic nitrogens is 1. The van der Waals surface area contributed by atoms with Gasteiger partial charge in [-0.15, -0.1) is 0 Å². The molecule has 0 amide bonds. The Kier molecular flexibility index (Phi) is 12.9. The minimum atomic E-state index is 0. The van der Waals surface area contributed by atoms with Crippen LogP contribution in [0.2, 0.25) is 5.02 Å². The molecule has 0 unspecified atom stereocenters. The number of pyridine rings is 1. The van der Waals surface area contributed by atoms with Gasteiger partial charge in [0, 0.05) is 35.4 Å². The molecule has 2 aromatic rings. The minimum Gasteiger partial charge on any atom is -0.384 e. The molecule has 2 aliphatic carbocycles. The summed E-state index contributed by atoms with van der Waals surface area (Å²) in [6, 6.07) is 7.89. The fraction of sp³-hybridized carbons (Fsp3) is 0.269. The maximum atomic E-state index is 6.05. The van der Waals surface area contributed by atoms with Crippen LogP contribution in [0.5, 0.6) is 0 Å². The molecule has 2 fully saturated rings. The van der Waals surface area contributed by atoms with Crippen LogP contribution >= 0.6 is 11.6 Å². The first-order valence-electron chi connectivity index (χ1n) is 10.6. The Morgan fingerprint density at radius 1 is 0.935 bits per heavy atom. The van der Waals surface area contributed by atoms with Gasteiger partial charge in [0.05, 0.1) is 5.52 Å². The van der Waals surface area contributed by atoms with E-state index in [0.29, 0.717) is 0 Å². The van der Waals surface area contributed by atoms with Crippen molar-refractivity contribution < 1.29 is 17.1 Å². The predicted molar refractivity (Wildman–Crippen MR) is 129 cm³/mol. The smallest absolute Gasteiger partial charge is 0.384 e. The van der Waals surface area contributed by atoms with E-state index in [1.807, 2.05) is 62.6 Å². The molecule has 0 saturated heterocycles. The average Bonchev–Trinajstić information content (AvgIpc) is 3.49. The molecule has 4 rings (SSSR count). The number of unbranched alkanes of at least 4 members (excludes halogenated alkanes) is 1. The van der Waals surface area contributed by atoms with Gasteiger partial charge < -0.3 is 10.2 Å². The van der Waals surface area contributed by atoms with E-state index >= 15 is 0 Å². The molecule has 2 saturated carbocycles. The van der Waals surface area contributed by atoms with Crippen molar-refractivity contribution in [1.29, 1.82) is 0 Å². The number of nitrogens with zero attached hydrogens (tertiary/aromatic N) is 2. The normalized spacial score (nSPS) is 16.2. The number of anilines is 1. The molecule has 0 aliphatic heterocycles. The topological polar surface area (TPSA) is 28.2 Å². The zero-order valence-electron chi connectivity index (χ0n) is 18.0. The number of nitrogens with one attached hydrogen (secondary N) is 1. The van der Waals surface area contributed by atoms with Crippen LogP contribution in [0.15, 0.2) is 30.5 Å². The SMILES string of the molecule is CCN(CCCCNc1ccnc2cc(Cl)ccc12)C[C]1[CH][CH][CH][CH]1.[CH]1[CH][CH][CH][CH]1.[Fe+2]. The molecular formula is C26H30ClFeN3+2. The van der Waals surface area contributed by atoms with Crippen molar-refractivity contribution in [2.75, 3.05) is 31.5 Å². The van der Waals surface area contributed by atoms with Crippen LogP contribution in [-0.4, -0.2) is 36.1 Å². The Hall–Kier alpha value is -0.801. The van der Waals surface area contributed by atoms with Crippen LogP contribution in [0.25, 0.3) is 10.9 Å². The fourth-order valence-corrected chi connectivity index (χ4v) is 3.57. The summed E-state index contributed by atoms with van der Waals surface area (Å²) in [6.07, 6.45) is 22.8. The molecule has 162 valence electrons. The standard InChI is InChI=1S/C21H25ClN3.C5H5.Fe/c1-2-25(16-17-7-3-4-8-17)14-6-5-12-23-20-11-13-24-21-15-18(22)9-10-19(20)21;1-2-4-5-3-1;/h3-4,7-11,13,15H,2,5-6,12,14,16H2,1H3,(H,23,24);1-5H;/q;;+2. The number of fused-ring (bicyclic) bond motifs is 1. The monoisotopic (exact) mass is 475 g/mol. The van der Waals surface area contributed by atoms with Crippen LogP contribution in [0.4, 0.5) is 5.69 Å². The summed E-state index contributed by atoms with van der Waals surface area (Å²) >= 11 is 6.05. The van der Waals surface area contributed by atoms with Crippen LogP contribution in [-0.2, 0) is 17.1 Å². The molecule has 31 heavy (non-hydrogen) atoms. The van der Waals surface area contributed by atoms with Crippen LogP contribution in [0.3, 0.4) is 0 Å². The first-order valence-corrected chi connectivity index (χ1v) is 11.0. The van der Waals surface area contributed by atoms with Crippen molar-refractivity contribution in [3.8, 4) is 0 Å². The van der Waals surface area contributed by atoms with Gasteiger partial charge in [-0.25, -0.2) is 0 Å². The zero-order valence-corrected chi connectivity index (χ0v) is 19.8. The molecule has 2 aliphatic rings. The van der Waals surface area contributed by atoms with Gasteiger partial charge in [-0.3, -0.25) is 4.98 Å². The summed E-state index contributed by atoms with van der Waals surface area (Å²) in [7, 11) is 0. The van der Waals surface area contributed by atoms with Crippen LogP contribution < -0.4 is 5.32 Å². The summed E-state index contributed by atoms with van der Waals surface area (Å²) in [5.74, 6) is 1.40. The molecule has 0 atom stereocenters. The van der Waals surface area contributed by atoms with E-state index in [2.05, 4.69) is 47.8 Å². The average molecular weight is 476 g/mol. The molecule has 0 spiro atoms. The quantitative estimate of drug-likeness (QED) is 0.365. The maximum absolute atomic E-state index is 6.05. The molecule has 3 nitrogen and oxygen atoms in total. The molecular weight excluding hydrogens is 446 g/mol. The summed E-state index contributed by atoms with van der Waals surface area (Å²) in [5.41, 5.74) is 2.06. The fourth-order valence-electron chi connectivity index (χ4n) is 3.41. The minimum absolute atomic E-state index is 0. The number of rotatable bonds is 9. The van der Waals surface area contributed by atoms with Crippen molar-refractivity contribution in [3.63, 3.8) is 0 Å². The number of benzene rings is 1. The predicted octanol–water partition coefficient (Wildman–Crippen LogP) is 5.83. The van der Waals surface area contributed by atoms with E-state index in [4.69, 9.17) is 11.6 Å². The van der Waals surface area contributed by atoms with Crippen LogP contribution in [0.1, 0.15) is 19.8 Å². The van der Waals surface area contributed by atoms with Gasteiger partial charge in [0.25, 0.3) is 0 Å². The van der Waals surface area contributed by atoms with E-state index < -0.39 is 0 Å². The van der Waals surface area contributed by atoms with Crippen molar-refractivity contribution in [2.24, 2.45) is 0 Å². The summed E-state index contributed by atoms with van der Waals surface area (Å²) in [5, 5.41) is 5.39. The van der Waals surface area contributed by atoms with E-state index in [1.165, 1.54) is 12.3 Å². The van der Waals surface area contributed by atoms with Gasteiger partial charge in [-0.05, 0) is 114 Å². The second-order valence-electron chi connectivity index (χ2n) is 7.28. The summed E-state index contributed by atoms with van der Waals surface area (Å²) < 4.78 is 0. The Morgan fingerprint density at radius 3 is 2.32 bits per heavy atom. The van der Waals surface area contributed by atoms with Gasteiger partial charge in [0.2, 0.25) is 0 Å². The van der Waals surface area contributed by atoms with Gasteiger partial charge in [0.1, 0.15) is 0 Å². The third kappa shape index (κ3) is 9.30. The molecule has 10 radical (unpaired) electrons. The molecule has 1 N–H and O–H groups in total. The first kappa shape index (κ1) is 26.5. The third-order valence-corrected chi connectivity index (χ3v) is 5.30. The van der Waals surface area contributed by atoms with Crippen molar-refractivity contribution in [2.45, 2.75) is 19.8 Å². The van der Waals surface area contributed by atoms with Gasteiger partial charge in [0.15, 0.2) is 0 Å². The number of halogens is 1. The third-order valence-electron chi connectivity index (χ3n) is 5.06. The Balaban J connectivity index is 0.000000501. The van der Waals surface area contributed by atoms with Crippen molar-refractivity contribution in [1.82, 2.24) is 9.88 Å². The Labute approximate surface area is 205 Å². The number of hydrogen-bond donors (Lipinski definition) is 1.